The largest absolute Gasteiger partial charge is 0.497 e. The zero-order valence-electron chi connectivity index (χ0n) is 12.3. The van der Waals surface area contributed by atoms with Gasteiger partial charge in [0.2, 0.25) is 9.84 Å². The minimum Gasteiger partial charge on any atom is -0.497 e. The quantitative estimate of drug-likeness (QED) is 0.809. The molecule has 2 rings (SSSR count). The van der Waals surface area contributed by atoms with Crippen LogP contribution in [0.15, 0.2) is 58.5 Å². The predicted octanol–water partition coefficient (Wildman–Crippen LogP) is 3.70. The number of sulfone groups is 1. The average Bonchev–Trinajstić information content (AvgIpc) is 2.53. The highest BCUT2D eigenvalue weighted by Gasteiger charge is 2.21. The van der Waals surface area contributed by atoms with E-state index in [4.69, 9.17) is 11.3 Å². The average molecular weight is 313 g/mol. The SMILES string of the molecule is [C-]#[N+]C(=Cc1cccc(OC)c1)S(=O)(=O)c1ccc(C)cc1. The number of nitrogens with zero attached hydrogens (tertiary/aromatic N) is 1. The van der Waals surface area contributed by atoms with E-state index in [1.165, 1.54) is 25.3 Å². The van der Waals surface area contributed by atoms with Crippen molar-refractivity contribution in [1.29, 1.82) is 0 Å². The predicted molar refractivity (Wildman–Crippen MR) is 85.9 cm³/mol. The summed E-state index contributed by atoms with van der Waals surface area (Å²) in [5.74, 6) is 0.603. The van der Waals surface area contributed by atoms with Gasteiger partial charge < -0.3 is 4.74 Å². The van der Waals surface area contributed by atoms with Crippen LogP contribution in [0.5, 0.6) is 5.75 Å². The van der Waals surface area contributed by atoms with E-state index in [-0.39, 0.29) is 9.92 Å². The van der Waals surface area contributed by atoms with Gasteiger partial charge in [0, 0.05) is 0 Å². The second-order valence-electron chi connectivity index (χ2n) is 4.69. The molecule has 0 aromatic heterocycles. The minimum atomic E-state index is -3.82. The number of ether oxygens (including phenoxy) is 1. The highest BCUT2D eigenvalue weighted by atomic mass is 32.2. The van der Waals surface area contributed by atoms with Crippen molar-refractivity contribution in [3.8, 4) is 5.75 Å². The number of hydrogen-bond acceptors (Lipinski definition) is 3. The van der Waals surface area contributed by atoms with Crippen LogP contribution in [0.4, 0.5) is 0 Å². The van der Waals surface area contributed by atoms with Crippen LogP contribution >= 0.6 is 0 Å². The zero-order chi connectivity index (χ0) is 16.2. The van der Waals surface area contributed by atoms with Gasteiger partial charge >= 0.3 is 0 Å². The second-order valence-corrected chi connectivity index (χ2v) is 6.58. The molecule has 112 valence electrons. The Bertz CT molecular complexity index is 844. The molecule has 0 aliphatic carbocycles. The molecule has 0 heterocycles. The van der Waals surface area contributed by atoms with Crippen LogP contribution in [-0.2, 0) is 9.84 Å². The molecule has 0 aliphatic rings. The first-order chi connectivity index (χ1) is 10.5. The molecule has 0 saturated heterocycles. The lowest BCUT2D eigenvalue weighted by molar-refractivity contribution is 0.414. The molecule has 0 N–H and O–H groups in total. The van der Waals surface area contributed by atoms with E-state index in [1.807, 2.05) is 6.92 Å². The molecular formula is C17H15NO3S. The fraction of sp³-hybridized carbons (Fsp3) is 0.118. The second kappa shape index (κ2) is 6.46. The molecule has 2 aromatic carbocycles. The summed E-state index contributed by atoms with van der Waals surface area (Å²) in [7, 11) is -2.29. The normalized spacial score (nSPS) is 11.8. The van der Waals surface area contributed by atoms with E-state index in [1.54, 1.807) is 36.4 Å². The monoisotopic (exact) mass is 313 g/mol. The Labute approximate surface area is 130 Å². The molecule has 4 nitrogen and oxygen atoms in total. The third-order valence-corrected chi connectivity index (χ3v) is 4.75. The molecule has 0 amide bonds. The van der Waals surface area contributed by atoms with Crippen molar-refractivity contribution in [3.05, 3.63) is 76.1 Å². The van der Waals surface area contributed by atoms with Crippen molar-refractivity contribution in [2.24, 2.45) is 0 Å². The molecule has 0 saturated carbocycles. The highest BCUT2D eigenvalue weighted by molar-refractivity contribution is 7.95. The summed E-state index contributed by atoms with van der Waals surface area (Å²) in [6, 6.07) is 13.3. The lowest BCUT2D eigenvalue weighted by atomic mass is 10.2. The van der Waals surface area contributed by atoms with Gasteiger partial charge in [-0.3, -0.25) is 0 Å². The van der Waals surface area contributed by atoms with Gasteiger partial charge in [0.25, 0.3) is 5.03 Å². The van der Waals surface area contributed by atoms with E-state index in [0.717, 1.165) is 5.56 Å². The number of benzene rings is 2. The topological polar surface area (TPSA) is 47.7 Å². The zero-order valence-corrected chi connectivity index (χ0v) is 13.1. The summed E-state index contributed by atoms with van der Waals surface area (Å²) in [5, 5.41) is -0.315. The summed E-state index contributed by atoms with van der Waals surface area (Å²) in [6.45, 7) is 9.07. The van der Waals surface area contributed by atoms with Gasteiger partial charge in [-0.2, -0.15) is 0 Å². The molecule has 0 bridgehead atoms. The van der Waals surface area contributed by atoms with Gasteiger partial charge in [-0.1, -0.05) is 29.8 Å². The maximum atomic E-state index is 12.5. The first-order valence-corrected chi connectivity index (χ1v) is 8.00. The van der Waals surface area contributed by atoms with Crippen LogP contribution in [0.1, 0.15) is 11.1 Å². The van der Waals surface area contributed by atoms with Crippen LogP contribution in [0.2, 0.25) is 0 Å². The van der Waals surface area contributed by atoms with Crippen LogP contribution in [-0.4, -0.2) is 15.5 Å². The first kappa shape index (κ1) is 15.8. The van der Waals surface area contributed by atoms with Gasteiger partial charge in [0.15, 0.2) is 0 Å². The van der Waals surface area contributed by atoms with Crippen molar-refractivity contribution >= 4 is 15.9 Å². The van der Waals surface area contributed by atoms with E-state index in [2.05, 4.69) is 4.85 Å². The molecule has 0 aliphatic heterocycles. The van der Waals surface area contributed by atoms with Crippen molar-refractivity contribution < 1.29 is 13.2 Å². The number of hydrogen-bond donors (Lipinski definition) is 0. The number of rotatable bonds is 4. The van der Waals surface area contributed by atoms with E-state index in [0.29, 0.717) is 11.3 Å². The molecule has 0 radical (unpaired) electrons. The van der Waals surface area contributed by atoms with Crippen molar-refractivity contribution in [2.75, 3.05) is 7.11 Å². The molecule has 2 aromatic rings. The van der Waals surface area contributed by atoms with Gasteiger partial charge in [0.05, 0.1) is 18.6 Å². The van der Waals surface area contributed by atoms with E-state index >= 15 is 0 Å². The standard InChI is InChI=1S/C17H15NO3S/c1-13-7-9-16(10-8-13)22(19,20)17(18-2)12-14-5-4-6-15(11-14)21-3/h4-12H,1,3H3. The molecular weight excluding hydrogens is 298 g/mol. The lowest BCUT2D eigenvalue weighted by Gasteiger charge is -2.04. The van der Waals surface area contributed by atoms with Crippen LogP contribution in [0.3, 0.4) is 0 Å². The van der Waals surface area contributed by atoms with Gasteiger partial charge in [-0.25, -0.2) is 13.3 Å². The number of aryl methyl sites for hydroxylation is 1. The first-order valence-electron chi connectivity index (χ1n) is 6.52. The third kappa shape index (κ3) is 3.35. The van der Waals surface area contributed by atoms with E-state index < -0.39 is 9.84 Å². The molecule has 5 heteroatoms. The minimum absolute atomic E-state index is 0.114. The Kier molecular flexibility index (Phi) is 4.64. The molecule has 0 spiro atoms. The van der Waals surface area contributed by atoms with Crippen LogP contribution in [0, 0.1) is 13.5 Å². The summed E-state index contributed by atoms with van der Waals surface area (Å²) in [5.41, 5.74) is 1.56. The highest BCUT2D eigenvalue weighted by Crippen LogP contribution is 2.24. The molecule has 22 heavy (non-hydrogen) atoms. The van der Waals surface area contributed by atoms with Crippen molar-refractivity contribution in [3.63, 3.8) is 0 Å². The summed E-state index contributed by atoms with van der Waals surface area (Å²) < 4.78 is 30.1. The maximum absolute atomic E-state index is 12.5. The summed E-state index contributed by atoms with van der Waals surface area (Å²) in [4.78, 5) is 3.31. The maximum Gasteiger partial charge on any atom is 0.283 e. The molecule has 0 fully saturated rings. The Balaban J connectivity index is 2.48. The van der Waals surface area contributed by atoms with Gasteiger partial charge in [0.1, 0.15) is 5.75 Å². The van der Waals surface area contributed by atoms with Gasteiger partial charge in [-0.05, 0) is 42.8 Å². The Morgan fingerprint density at radius 1 is 1.18 bits per heavy atom. The fourth-order valence-corrected chi connectivity index (χ4v) is 3.03. The van der Waals surface area contributed by atoms with E-state index in [9.17, 15) is 8.42 Å². The Hall–Kier alpha value is -2.58. The van der Waals surface area contributed by atoms with Crippen LogP contribution in [0.25, 0.3) is 10.9 Å². The Morgan fingerprint density at radius 3 is 2.45 bits per heavy atom. The van der Waals surface area contributed by atoms with Crippen LogP contribution < -0.4 is 4.74 Å². The lowest BCUT2D eigenvalue weighted by Crippen LogP contribution is -2.02. The smallest absolute Gasteiger partial charge is 0.283 e. The third-order valence-electron chi connectivity index (χ3n) is 3.10. The molecule has 0 unspecified atom stereocenters. The summed E-state index contributed by atoms with van der Waals surface area (Å²) >= 11 is 0. The van der Waals surface area contributed by atoms with Crippen molar-refractivity contribution in [1.82, 2.24) is 0 Å². The van der Waals surface area contributed by atoms with Crippen molar-refractivity contribution in [2.45, 2.75) is 11.8 Å². The Morgan fingerprint density at radius 2 is 1.86 bits per heavy atom. The summed E-state index contributed by atoms with van der Waals surface area (Å²) in [6.07, 6.45) is 1.35. The number of methoxy groups -OCH3 is 1. The fourth-order valence-electron chi connectivity index (χ4n) is 1.88. The molecule has 0 atom stereocenters. The van der Waals surface area contributed by atoms with Gasteiger partial charge in [-0.15, -0.1) is 0 Å².